The molecule has 0 radical (unpaired) electrons. The zero-order valence-corrected chi connectivity index (χ0v) is 10.6. The molecule has 1 aliphatic heterocycles. The first-order valence-electron chi connectivity index (χ1n) is 6.23. The molecule has 0 bridgehead atoms. The molecule has 2 heterocycles. The van der Waals surface area contributed by atoms with Crippen molar-refractivity contribution >= 4 is 0 Å². The van der Waals surface area contributed by atoms with Gasteiger partial charge in [0.25, 0.3) is 0 Å². The van der Waals surface area contributed by atoms with E-state index in [-0.39, 0.29) is 12.2 Å². The van der Waals surface area contributed by atoms with Crippen molar-refractivity contribution < 1.29 is 14.4 Å². The first-order chi connectivity index (χ1) is 8.03. The van der Waals surface area contributed by atoms with E-state index >= 15 is 0 Å². The average Bonchev–Trinajstić information content (AvgIpc) is 2.74. The summed E-state index contributed by atoms with van der Waals surface area (Å²) in [4.78, 5) is 4.27. The molecule has 1 aromatic rings. The van der Waals surface area contributed by atoms with Crippen molar-refractivity contribution in [3.8, 4) is 0 Å². The molecule has 0 saturated carbocycles. The third kappa shape index (κ3) is 2.66. The van der Waals surface area contributed by atoms with Crippen molar-refractivity contribution in [2.24, 2.45) is 0 Å². The number of rotatable bonds is 4. The normalized spacial score (nSPS) is 33.2. The van der Waals surface area contributed by atoms with Crippen molar-refractivity contribution in [3.05, 3.63) is 11.7 Å². The molecule has 1 aromatic heterocycles. The smallest absolute Gasteiger partial charge is 0.229 e. The first-order valence-corrected chi connectivity index (χ1v) is 6.23. The third-order valence-electron chi connectivity index (χ3n) is 3.28. The van der Waals surface area contributed by atoms with Crippen LogP contribution >= 0.6 is 0 Å². The predicted octanol–water partition coefficient (Wildman–Crippen LogP) is 1.49. The molecule has 1 saturated heterocycles. The molecule has 1 fully saturated rings. The number of hydrogen-bond donors (Lipinski definition) is 1. The van der Waals surface area contributed by atoms with Crippen LogP contribution in [0.15, 0.2) is 4.52 Å². The topological polar surface area (TPSA) is 68.4 Å². The van der Waals surface area contributed by atoms with E-state index in [0.29, 0.717) is 24.6 Å². The Balaban J connectivity index is 2.04. The van der Waals surface area contributed by atoms with Gasteiger partial charge in [-0.2, -0.15) is 4.98 Å². The summed E-state index contributed by atoms with van der Waals surface area (Å²) < 4.78 is 10.7. The minimum atomic E-state index is -0.880. The molecule has 0 aliphatic carbocycles. The first kappa shape index (κ1) is 12.5. The zero-order valence-electron chi connectivity index (χ0n) is 10.6. The molecule has 3 atom stereocenters. The van der Waals surface area contributed by atoms with Crippen LogP contribution in [0.5, 0.6) is 0 Å². The van der Waals surface area contributed by atoms with Crippen LogP contribution in [0.4, 0.5) is 0 Å². The van der Waals surface area contributed by atoms with Gasteiger partial charge in [0.05, 0.1) is 18.6 Å². The Morgan fingerprint density at radius 2 is 2.24 bits per heavy atom. The summed E-state index contributed by atoms with van der Waals surface area (Å²) in [7, 11) is 0. The van der Waals surface area contributed by atoms with Crippen molar-refractivity contribution in [2.45, 2.75) is 64.3 Å². The minimum absolute atomic E-state index is 0.0769. The molecule has 0 aromatic carbocycles. The van der Waals surface area contributed by atoms with E-state index in [4.69, 9.17) is 9.26 Å². The van der Waals surface area contributed by atoms with Crippen LogP contribution in [0.25, 0.3) is 0 Å². The SMILES string of the molecule is CCCc1noc(C[C@]2(O)C[C@@H](C)O[C@H]2C)n1. The fourth-order valence-electron chi connectivity index (χ4n) is 2.35. The number of aliphatic hydroxyl groups is 1. The molecule has 0 amide bonds. The largest absolute Gasteiger partial charge is 0.387 e. The highest BCUT2D eigenvalue weighted by Gasteiger charge is 2.44. The maximum Gasteiger partial charge on any atom is 0.229 e. The van der Waals surface area contributed by atoms with E-state index in [0.717, 1.165) is 12.8 Å². The lowest BCUT2D eigenvalue weighted by Crippen LogP contribution is -2.38. The summed E-state index contributed by atoms with van der Waals surface area (Å²) in [6, 6.07) is 0. The number of nitrogens with zero attached hydrogens (tertiary/aromatic N) is 2. The average molecular weight is 240 g/mol. The second kappa shape index (κ2) is 4.74. The number of aryl methyl sites for hydroxylation is 1. The Labute approximate surface area is 101 Å². The molecule has 17 heavy (non-hydrogen) atoms. The van der Waals surface area contributed by atoms with Crippen LogP contribution in [0, 0.1) is 0 Å². The highest BCUT2D eigenvalue weighted by molar-refractivity contribution is 5.00. The van der Waals surface area contributed by atoms with E-state index < -0.39 is 5.60 Å². The van der Waals surface area contributed by atoms with Crippen LogP contribution in [-0.4, -0.2) is 33.1 Å². The zero-order chi connectivity index (χ0) is 12.5. The van der Waals surface area contributed by atoms with Crippen LogP contribution in [-0.2, 0) is 17.6 Å². The number of aromatic nitrogens is 2. The molecule has 0 unspecified atom stereocenters. The van der Waals surface area contributed by atoms with Gasteiger partial charge in [0, 0.05) is 12.8 Å². The Hall–Kier alpha value is -0.940. The highest BCUT2D eigenvalue weighted by atomic mass is 16.5. The van der Waals surface area contributed by atoms with Crippen molar-refractivity contribution in [1.82, 2.24) is 10.1 Å². The summed E-state index contributed by atoms with van der Waals surface area (Å²) in [5.74, 6) is 1.21. The van der Waals surface area contributed by atoms with Gasteiger partial charge in [-0.15, -0.1) is 0 Å². The Morgan fingerprint density at radius 3 is 2.82 bits per heavy atom. The van der Waals surface area contributed by atoms with Gasteiger partial charge in [-0.1, -0.05) is 12.1 Å². The van der Waals surface area contributed by atoms with E-state index in [2.05, 4.69) is 17.1 Å². The van der Waals surface area contributed by atoms with Gasteiger partial charge in [-0.05, 0) is 20.3 Å². The van der Waals surface area contributed by atoms with E-state index in [1.807, 2.05) is 13.8 Å². The van der Waals surface area contributed by atoms with Gasteiger partial charge >= 0.3 is 0 Å². The van der Waals surface area contributed by atoms with Crippen molar-refractivity contribution in [2.75, 3.05) is 0 Å². The summed E-state index contributed by atoms with van der Waals surface area (Å²) in [6.45, 7) is 5.91. The predicted molar refractivity (Wildman–Crippen MR) is 61.6 cm³/mol. The van der Waals surface area contributed by atoms with Gasteiger partial charge in [0.1, 0.15) is 5.60 Å². The second-order valence-corrected chi connectivity index (χ2v) is 4.93. The van der Waals surface area contributed by atoms with Gasteiger partial charge in [0.15, 0.2) is 5.82 Å². The third-order valence-corrected chi connectivity index (χ3v) is 3.28. The summed E-state index contributed by atoms with van der Waals surface area (Å²) >= 11 is 0. The van der Waals surface area contributed by atoms with Crippen LogP contribution in [0.1, 0.15) is 45.3 Å². The highest BCUT2D eigenvalue weighted by Crippen LogP contribution is 2.32. The quantitative estimate of drug-likeness (QED) is 0.863. The van der Waals surface area contributed by atoms with E-state index in [9.17, 15) is 5.11 Å². The molecule has 96 valence electrons. The van der Waals surface area contributed by atoms with Gasteiger partial charge in [0.2, 0.25) is 5.89 Å². The number of ether oxygens (including phenoxy) is 1. The van der Waals surface area contributed by atoms with Crippen LogP contribution in [0.3, 0.4) is 0 Å². The Kier molecular flexibility index (Phi) is 3.49. The van der Waals surface area contributed by atoms with Crippen LogP contribution in [0.2, 0.25) is 0 Å². The van der Waals surface area contributed by atoms with Gasteiger partial charge in [-0.25, -0.2) is 0 Å². The van der Waals surface area contributed by atoms with E-state index in [1.165, 1.54) is 0 Å². The monoisotopic (exact) mass is 240 g/mol. The fourth-order valence-corrected chi connectivity index (χ4v) is 2.35. The van der Waals surface area contributed by atoms with E-state index in [1.54, 1.807) is 0 Å². The maximum absolute atomic E-state index is 10.5. The molecule has 0 spiro atoms. The van der Waals surface area contributed by atoms with Gasteiger partial charge in [-0.3, -0.25) is 0 Å². The van der Waals surface area contributed by atoms with Crippen molar-refractivity contribution in [3.63, 3.8) is 0 Å². The summed E-state index contributed by atoms with van der Waals surface area (Å²) in [5, 5.41) is 14.4. The standard InChI is InChI=1S/C12H20N2O3/c1-4-5-10-13-11(17-14-10)7-12(15)6-8(2)16-9(12)3/h8-9,15H,4-7H2,1-3H3/t8-,9+,12-/m1/s1. The Bertz CT molecular complexity index is 380. The second-order valence-electron chi connectivity index (χ2n) is 4.93. The molecule has 5 heteroatoms. The Morgan fingerprint density at radius 1 is 1.47 bits per heavy atom. The lowest BCUT2D eigenvalue weighted by atomic mass is 9.91. The number of hydrogen-bond acceptors (Lipinski definition) is 5. The lowest BCUT2D eigenvalue weighted by Gasteiger charge is -2.23. The lowest BCUT2D eigenvalue weighted by molar-refractivity contribution is -0.0385. The van der Waals surface area contributed by atoms with Crippen LogP contribution < -0.4 is 0 Å². The molecular formula is C12H20N2O3. The molecule has 1 N–H and O–H groups in total. The molecule has 1 aliphatic rings. The molecule has 2 rings (SSSR count). The molecular weight excluding hydrogens is 220 g/mol. The minimum Gasteiger partial charge on any atom is -0.387 e. The van der Waals surface area contributed by atoms with Gasteiger partial charge < -0.3 is 14.4 Å². The maximum atomic E-state index is 10.5. The summed E-state index contributed by atoms with van der Waals surface area (Å²) in [6.07, 6.45) is 2.66. The fraction of sp³-hybridized carbons (Fsp3) is 0.833. The molecule has 5 nitrogen and oxygen atoms in total. The van der Waals surface area contributed by atoms with Crippen molar-refractivity contribution in [1.29, 1.82) is 0 Å². The summed E-state index contributed by atoms with van der Waals surface area (Å²) in [5.41, 5.74) is -0.880.